The Labute approximate surface area is 124 Å². The van der Waals surface area contributed by atoms with Gasteiger partial charge in [-0.1, -0.05) is 6.07 Å². The van der Waals surface area contributed by atoms with Crippen LogP contribution in [0.3, 0.4) is 0 Å². The van der Waals surface area contributed by atoms with Gasteiger partial charge >= 0.3 is 5.97 Å². The normalized spacial score (nSPS) is 14.0. The molecule has 1 aromatic carbocycles. The Kier molecular flexibility index (Phi) is 5.83. The molecule has 1 heterocycles. The van der Waals surface area contributed by atoms with E-state index in [-0.39, 0.29) is 12.8 Å². The van der Waals surface area contributed by atoms with E-state index in [2.05, 4.69) is 5.32 Å². The summed E-state index contributed by atoms with van der Waals surface area (Å²) in [6.07, 6.45) is 0.454. The molecule has 1 unspecified atom stereocenters. The summed E-state index contributed by atoms with van der Waals surface area (Å²) in [6, 6.07) is 5.40. The third kappa shape index (κ3) is 4.61. The zero-order chi connectivity index (χ0) is 15.1. The number of carbonyl (C=O) groups is 1. The molecule has 6 nitrogen and oxygen atoms in total. The van der Waals surface area contributed by atoms with E-state index < -0.39 is 6.10 Å². The number of ether oxygens (including phenoxy) is 3. The van der Waals surface area contributed by atoms with Crippen LogP contribution in [-0.4, -0.2) is 37.6 Å². The summed E-state index contributed by atoms with van der Waals surface area (Å²) in [7, 11) is 0. The first-order chi connectivity index (χ1) is 10.2. The molecule has 0 saturated carbocycles. The smallest absolute Gasteiger partial charge is 0.305 e. The third-order valence-corrected chi connectivity index (χ3v) is 3.16. The van der Waals surface area contributed by atoms with Crippen molar-refractivity contribution >= 4 is 5.97 Å². The van der Waals surface area contributed by atoms with Crippen LogP contribution >= 0.6 is 0 Å². The average Bonchev–Trinajstić information content (AvgIpc) is 2.94. The van der Waals surface area contributed by atoms with Crippen molar-refractivity contribution in [2.24, 2.45) is 0 Å². The first kappa shape index (κ1) is 15.6. The van der Waals surface area contributed by atoms with E-state index in [9.17, 15) is 9.90 Å². The molecule has 0 fully saturated rings. The maximum Gasteiger partial charge on any atom is 0.305 e. The van der Waals surface area contributed by atoms with Gasteiger partial charge in [-0.05, 0) is 37.6 Å². The quantitative estimate of drug-likeness (QED) is 0.557. The lowest BCUT2D eigenvalue weighted by atomic mass is 10.1. The number of hydrogen-bond donors (Lipinski definition) is 2. The van der Waals surface area contributed by atoms with Crippen molar-refractivity contribution in [2.45, 2.75) is 25.9 Å². The molecule has 2 rings (SSSR count). The van der Waals surface area contributed by atoms with Crippen molar-refractivity contribution < 1.29 is 24.1 Å². The minimum Gasteiger partial charge on any atom is -0.466 e. The number of hydrogen-bond acceptors (Lipinski definition) is 6. The van der Waals surface area contributed by atoms with Gasteiger partial charge in [0.1, 0.15) is 0 Å². The summed E-state index contributed by atoms with van der Waals surface area (Å²) in [4.78, 5) is 11.1. The largest absolute Gasteiger partial charge is 0.466 e. The predicted octanol–water partition coefficient (Wildman–Crippen LogP) is 1.38. The second kappa shape index (κ2) is 7.85. The summed E-state index contributed by atoms with van der Waals surface area (Å²) in [5.74, 6) is 1.18. The van der Waals surface area contributed by atoms with Crippen molar-refractivity contribution in [3.63, 3.8) is 0 Å². The fraction of sp³-hybridized carbons (Fsp3) is 0.533. The molecule has 0 saturated heterocycles. The number of rotatable bonds is 8. The van der Waals surface area contributed by atoms with E-state index >= 15 is 0 Å². The zero-order valence-corrected chi connectivity index (χ0v) is 12.1. The van der Waals surface area contributed by atoms with Crippen LogP contribution in [0.25, 0.3) is 0 Å². The monoisotopic (exact) mass is 295 g/mol. The highest BCUT2D eigenvalue weighted by Gasteiger charge is 2.16. The lowest BCUT2D eigenvalue weighted by molar-refractivity contribution is -0.143. The van der Waals surface area contributed by atoms with Crippen molar-refractivity contribution in [2.75, 3.05) is 26.5 Å². The van der Waals surface area contributed by atoms with Gasteiger partial charge < -0.3 is 24.6 Å². The van der Waals surface area contributed by atoms with Gasteiger partial charge in [0.25, 0.3) is 0 Å². The molecule has 6 heteroatoms. The first-order valence-corrected chi connectivity index (χ1v) is 7.14. The molecule has 21 heavy (non-hydrogen) atoms. The summed E-state index contributed by atoms with van der Waals surface area (Å²) in [5, 5.41) is 13.2. The molecule has 2 N–H and O–H groups in total. The summed E-state index contributed by atoms with van der Waals surface area (Å²) in [6.45, 7) is 3.50. The van der Waals surface area contributed by atoms with Crippen molar-refractivity contribution in [1.29, 1.82) is 0 Å². The van der Waals surface area contributed by atoms with E-state index in [1.54, 1.807) is 19.1 Å². The maximum atomic E-state index is 11.1. The minimum atomic E-state index is -0.623. The van der Waals surface area contributed by atoms with Crippen molar-refractivity contribution in [3.8, 4) is 11.5 Å². The van der Waals surface area contributed by atoms with Crippen LogP contribution in [-0.2, 0) is 9.53 Å². The second-order valence-electron chi connectivity index (χ2n) is 4.74. The minimum absolute atomic E-state index is 0.185. The van der Waals surface area contributed by atoms with Crippen LogP contribution in [0.5, 0.6) is 11.5 Å². The molecule has 1 aromatic rings. The van der Waals surface area contributed by atoms with Gasteiger partial charge in [-0.2, -0.15) is 0 Å². The van der Waals surface area contributed by atoms with Gasteiger partial charge in [0, 0.05) is 13.0 Å². The molecule has 116 valence electrons. The number of aliphatic hydroxyl groups excluding tert-OH is 1. The Morgan fingerprint density at radius 3 is 3.05 bits per heavy atom. The SMILES string of the molecule is CCOC(=O)CCCNCC(O)c1ccc2c(c1)OCO2. The highest BCUT2D eigenvalue weighted by Crippen LogP contribution is 2.33. The van der Waals surface area contributed by atoms with Crippen LogP contribution in [0.15, 0.2) is 18.2 Å². The molecule has 0 aliphatic carbocycles. The van der Waals surface area contributed by atoms with Gasteiger partial charge in [-0.3, -0.25) is 4.79 Å². The summed E-state index contributed by atoms with van der Waals surface area (Å²) in [5.41, 5.74) is 0.775. The number of benzene rings is 1. The fourth-order valence-corrected chi connectivity index (χ4v) is 2.07. The van der Waals surface area contributed by atoms with E-state index in [0.717, 1.165) is 5.56 Å². The highest BCUT2D eigenvalue weighted by molar-refractivity contribution is 5.69. The third-order valence-electron chi connectivity index (χ3n) is 3.16. The van der Waals surface area contributed by atoms with Crippen LogP contribution in [0.1, 0.15) is 31.4 Å². The lowest BCUT2D eigenvalue weighted by Crippen LogP contribution is -2.23. The van der Waals surface area contributed by atoms with Crippen LogP contribution in [0.4, 0.5) is 0 Å². The molecule has 0 aromatic heterocycles. The van der Waals surface area contributed by atoms with E-state index in [1.165, 1.54) is 0 Å². The predicted molar refractivity (Wildman–Crippen MR) is 76.3 cm³/mol. The number of nitrogens with one attached hydrogen (secondary N) is 1. The van der Waals surface area contributed by atoms with Gasteiger partial charge in [0.05, 0.1) is 12.7 Å². The van der Waals surface area contributed by atoms with E-state index in [1.807, 2.05) is 6.07 Å². The Bertz CT molecular complexity index is 477. The van der Waals surface area contributed by atoms with Crippen LogP contribution in [0, 0.1) is 0 Å². The molecule has 0 amide bonds. The first-order valence-electron chi connectivity index (χ1n) is 7.14. The molecule has 1 aliphatic heterocycles. The molecular formula is C15H21NO5. The van der Waals surface area contributed by atoms with Gasteiger partial charge in [-0.25, -0.2) is 0 Å². The number of carbonyl (C=O) groups excluding carboxylic acids is 1. The lowest BCUT2D eigenvalue weighted by Gasteiger charge is -2.12. The fourth-order valence-electron chi connectivity index (χ4n) is 2.07. The Hall–Kier alpha value is -1.79. The standard InChI is InChI=1S/C15H21NO5/c1-2-19-15(18)4-3-7-16-9-12(17)11-5-6-13-14(8-11)21-10-20-13/h5-6,8,12,16-17H,2-4,7,9-10H2,1H3. The highest BCUT2D eigenvalue weighted by atomic mass is 16.7. The molecule has 1 atom stereocenters. The van der Waals surface area contributed by atoms with E-state index in [4.69, 9.17) is 14.2 Å². The van der Waals surface area contributed by atoms with Gasteiger partial charge in [0.15, 0.2) is 11.5 Å². The zero-order valence-electron chi connectivity index (χ0n) is 12.1. The van der Waals surface area contributed by atoms with Gasteiger partial charge in [-0.15, -0.1) is 0 Å². The van der Waals surface area contributed by atoms with E-state index in [0.29, 0.717) is 44.0 Å². The topological polar surface area (TPSA) is 77.0 Å². The molecule has 0 bridgehead atoms. The second-order valence-corrected chi connectivity index (χ2v) is 4.74. The Morgan fingerprint density at radius 2 is 2.24 bits per heavy atom. The van der Waals surface area contributed by atoms with Crippen molar-refractivity contribution in [1.82, 2.24) is 5.32 Å². The maximum absolute atomic E-state index is 11.1. The molecule has 1 aliphatic rings. The summed E-state index contributed by atoms with van der Waals surface area (Å²) < 4.78 is 15.3. The summed E-state index contributed by atoms with van der Waals surface area (Å²) >= 11 is 0. The number of fused-ring (bicyclic) bond motifs is 1. The van der Waals surface area contributed by atoms with Gasteiger partial charge in [0.2, 0.25) is 6.79 Å². The number of aliphatic hydroxyl groups is 1. The molecule has 0 spiro atoms. The van der Waals surface area contributed by atoms with Crippen LogP contribution in [0.2, 0.25) is 0 Å². The molecule has 0 radical (unpaired) electrons. The average molecular weight is 295 g/mol. The molecular weight excluding hydrogens is 274 g/mol. The Balaban J connectivity index is 1.68. The van der Waals surface area contributed by atoms with Crippen LogP contribution < -0.4 is 14.8 Å². The number of esters is 1. The van der Waals surface area contributed by atoms with Crippen molar-refractivity contribution in [3.05, 3.63) is 23.8 Å². The Morgan fingerprint density at radius 1 is 1.43 bits per heavy atom.